The summed E-state index contributed by atoms with van der Waals surface area (Å²) in [6.07, 6.45) is -1.20. The smallest absolute Gasteiger partial charge is 0.408 e. The minimum absolute atomic E-state index is 0.301. The van der Waals surface area contributed by atoms with Gasteiger partial charge in [0.25, 0.3) is 5.91 Å². The highest BCUT2D eigenvalue weighted by Crippen LogP contribution is 2.51. The van der Waals surface area contributed by atoms with Gasteiger partial charge in [0, 0.05) is 11.4 Å². The molecule has 6 N–H and O–H groups in total. The molecule has 0 saturated carbocycles. The number of benzene rings is 1. The van der Waals surface area contributed by atoms with Crippen molar-refractivity contribution < 1.29 is 34.1 Å². The van der Waals surface area contributed by atoms with E-state index in [0.717, 1.165) is 28.4 Å². The number of nitrogens with zero attached hydrogens (tertiary/aromatic N) is 1. The van der Waals surface area contributed by atoms with Crippen LogP contribution in [0.1, 0.15) is 90.6 Å². The first kappa shape index (κ1) is 42.9. The SMILES string of the molecule is CCCC(NC(=O)C1CC2(CN1[C@H](O)C(NC(=O)OC(C)(C)C)C(C)(C)C)SCCCS2)[C@@H](O)C(=O)NCC(=O)NC(c1ccccc1)c1cccs1. The molecule has 1 spiro atoms. The number of alkyl carbamates (subject to hydrolysis) is 1. The minimum atomic E-state index is -1.63. The molecule has 1 aromatic carbocycles. The van der Waals surface area contributed by atoms with Crippen molar-refractivity contribution in [2.24, 2.45) is 5.41 Å². The van der Waals surface area contributed by atoms with Crippen molar-refractivity contribution in [3.05, 3.63) is 58.3 Å². The standard InChI is InChI=1S/C38H57N5O7S3/c1-8-14-25(30(45)33(47)39-22-28(44)41-29(27-17-12-18-51-27)24-15-10-9-11-16-24)40-32(46)26-21-38(52-19-13-20-53-38)23-43(26)34(48)31(36(2,3)4)42-35(49)50-37(5,6)7/h9-12,15-18,25-26,29-31,34,45,48H,8,13-14,19-23H2,1-7H3,(H,39,47)(H,40,46)(H,41,44)(H,42,49)/t25?,26?,29?,30-,31?,34-/m1/s1. The second kappa shape index (κ2) is 18.7. The Hall–Kier alpha value is -2.82. The highest BCUT2D eigenvalue weighted by Gasteiger charge is 2.53. The number of rotatable bonds is 14. The van der Waals surface area contributed by atoms with Crippen LogP contribution < -0.4 is 21.3 Å². The number of nitrogens with one attached hydrogen (secondary N) is 4. The van der Waals surface area contributed by atoms with E-state index < -0.39 is 71.3 Å². The number of carbonyl (C=O) groups excluding carboxylic acids is 4. The molecule has 2 aliphatic rings. The second-order valence-corrected chi connectivity index (χ2v) is 19.9. The maximum atomic E-state index is 14.2. The highest BCUT2D eigenvalue weighted by molar-refractivity contribution is 8.18. The van der Waals surface area contributed by atoms with Crippen LogP contribution in [0.5, 0.6) is 0 Å². The summed E-state index contributed by atoms with van der Waals surface area (Å²) >= 11 is 5.06. The summed E-state index contributed by atoms with van der Waals surface area (Å²) in [7, 11) is 0. The molecule has 4 rings (SSSR count). The Balaban J connectivity index is 1.46. The van der Waals surface area contributed by atoms with E-state index >= 15 is 0 Å². The van der Waals surface area contributed by atoms with Crippen LogP contribution in [0.15, 0.2) is 47.8 Å². The molecule has 294 valence electrons. The lowest BCUT2D eigenvalue weighted by Crippen LogP contribution is -2.61. The minimum Gasteiger partial charge on any atom is -0.444 e. The molecule has 12 nitrogen and oxygen atoms in total. The van der Waals surface area contributed by atoms with Crippen molar-refractivity contribution >= 4 is 58.7 Å². The Kier molecular flexibility index (Phi) is 15.1. The summed E-state index contributed by atoms with van der Waals surface area (Å²) in [5, 5.41) is 36.5. The van der Waals surface area contributed by atoms with Gasteiger partial charge in [0.15, 0.2) is 6.10 Å². The molecule has 2 aromatic rings. The zero-order valence-corrected chi connectivity index (χ0v) is 34.3. The van der Waals surface area contributed by atoms with Crippen LogP contribution in [0.2, 0.25) is 0 Å². The molecular weight excluding hydrogens is 735 g/mol. The normalized spacial score (nSPS) is 20.4. The zero-order chi connectivity index (χ0) is 39.0. The fraction of sp³-hybridized carbons (Fsp3) is 0.632. The predicted molar refractivity (Wildman–Crippen MR) is 213 cm³/mol. The van der Waals surface area contributed by atoms with Crippen molar-refractivity contribution in [2.75, 3.05) is 24.6 Å². The third-order valence-corrected chi connectivity index (χ3v) is 13.4. The average Bonchev–Trinajstić information content (AvgIpc) is 3.76. The van der Waals surface area contributed by atoms with E-state index in [1.165, 1.54) is 11.3 Å². The van der Waals surface area contributed by atoms with Crippen molar-refractivity contribution in [3.8, 4) is 0 Å². The summed E-state index contributed by atoms with van der Waals surface area (Å²) in [6, 6.07) is 10.4. The number of likely N-dealkylation sites (tertiary alicyclic amines) is 1. The molecule has 53 heavy (non-hydrogen) atoms. The maximum absolute atomic E-state index is 14.2. The number of thioether (sulfide) groups is 2. The van der Waals surface area contributed by atoms with Crippen molar-refractivity contribution in [3.63, 3.8) is 0 Å². The van der Waals surface area contributed by atoms with Gasteiger partial charge in [-0.15, -0.1) is 34.9 Å². The Bertz CT molecular complexity index is 1510. The summed E-state index contributed by atoms with van der Waals surface area (Å²) in [5.41, 5.74) is -0.462. The molecule has 0 radical (unpaired) electrons. The van der Waals surface area contributed by atoms with Gasteiger partial charge in [0.05, 0.1) is 34.8 Å². The number of ether oxygens (including phenoxy) is 1. The molecule has 0 aliphatic carbocycles. The van der Waals surface area contributed by atoms with Crippen LogP contribution in [0, 0.1) is 5.41 Å². The topological polar surface area (TPSA) is 169 Å². The van der Waals surface area contributed by atoms with Gasteiger partial charge >= 0.3 is 6.09 Å². The number of aliphatic hydroxyl groups excluding tert-OH is 2. The lowest BCUT2D eigenvalue weighted by molar-refractivity contribution is -0.137. The van der Waals surface area contributed by atoms with E-state index in [1.54, 1.807) is 49.2 Å². The van der Waals surface area contributed by atoms with Crippen LogP contribution in [-0.4, -0.2) is 104 Å². The lowest BCUT2D eigenvalue weighted by Gasteiger charge is -2.41. The molecule has 3 heterocycles. The number of amides is 4. The first-order chi connectivity index (χ1) is 24.9. The van der Waals surface area contributed by atoms with Crippen molar-refractivity contribution in [1.82, 2.24) is 26.2 Å². The van der Waals surface area contributed by atoms with E-state index in [0.29, 0.717) is 25.8 Å². The van der Waals surface area contributed by atoms with Gasteiger partial charge in [-0.05, 0) is 74.0 Å². The molecule has 2 fully saturated rings. The van der Waals surface area contributed by atoms with Crippen LogP contribution in [0.4, 0.5) is 4.79 Å². The number of hydrogen-bond donors (Lipinski definition) is 6. The third-order valence-electron chi connectivity index (χ3n) is 9.16. The molecule has 2 saturated heterocycles. The Labute approximate surface area is 326 Å². The zero-order valence-electron chi connectivity index (χ0n) is 31.8. The van der Waals surface area contributed by atoms with Gasteiger partial charge in [-0.25, -0.2) is 4.79 Å². The van der Waals surface area contributed by atoms with Gasteiger partial charge in [-0.1, -0.05) is 70.5 Å². The summed E-state index contributed by atoms with van der Waals surface area (Å²) in [4.78, 5) is 56.2. The quantitative estimate of drug-likeness (QED) is 0.159. The summed E-state index contributed by atoms with van der Waals surface area (Å²) < 4.78 is 5.17. The lowest BCUT2D eigenvalue weighted by atomic mass is 9.85. The molecule has 15 heteroatoms. The van der Waals surface area contributed by atoms with Gasteiger partial charge in [-0.2, -0.15) is 0 Å². The first-order valence-electron chi connectivity index (χ1n) is 18.3. The summed E-state index contributed by atoms with van der Waals surface area (Å²) in [6.45, 7) is 12.9. The first-order valence-corrected chi connectivity index (χ1v) is 21.1. The van der Waals surface area contributed by atoms with E-state index in [9.17, 15) is 29.4 Å². The number of aliphatic hydroxyl groups is 2. The van der Waals surface area contributed by atoms with E-state index in [-0.39, 0.29) is 10.6 Å². The van der Waals surface area contributed by atoms with Gasteiger partial charge in [0.2, 0.25) is 11.8 Å². The Morgan fingerprint density at radius 2 is 1.64 bits per heavy atom. The fourth-order valence-electron chi connectivity index (χ4n) is 6.56. The Morgan fingerprint density at radius 1 is 0.962 bits per heavy atom. The summed E-state index contributed by atoms with van der Waals surface area (Å²) in [5.74, 6) is 0.213. The second-order valence-electron chi connectivity index (χ2n) is 15.7. The van der Waals surface area contributed by atoms with E-state index in [1.807, 2.05) is 75.5 Å². The van der Waals surface area contributed by atoms with Crippen LogP contribution >= 0.6 is 34.9 Å². The van der Waals surface area contributed by atoms with Crippen LogP contribution in [0.25, 0.3) is 0 Å². The monoisotopic (exact) mass is 791 g/mol. The maximum Gasteiger partial charge on any atom is 0.408 e. The van der Waals surface area contributed by atoms with Gasteiger partial charge < -0.3 is 36.2 Å². The predicted octanol–water partition coefficient (Wildman–Crippen LogP) is 4.61. The number of carbonyl (C=O) groups is 4. The molecule has 4 amide bonds. The number of thiophene rings is 1. The molecule has 6 atom stereocenters. The van der Waals surface area contributed by atoms with E-state index in [2.05, 4.69) is 21.3 Å². The van der Waals surface area contributed by atoms with Crippen LogP contribution in [-0.2, 0) is 19.1 Å². The molecule has 1 aromatic heterocycles. The molecule has 0 bridgehead atoms. The molecule has 2 aliphatic heterocycles. The number of hydrogen-bond acceptors (Lipinski definition) is 11. The largest absolute Gasteiger partial charge is 0.444 e. The van der Waals surface area contributed by atoms with Crippen molar-refractivity contribution in [2.45, 2.75) is 120 Å². The van der Waals surface area contributed by atoms with Crippen molar-refractivity contribution in [1.29, 1.82) is 0 Å². The van der Waals surface area contributed by atoms with Gasteiger partial charge in [0.1, 0.15) is 11.8 Å². The highest BCUT2D eigenvalue weighted by atomic mass is 32.2. The fourth-order valence-corrected chi connectivity index (χ4v) is 10.7. The van der Waals surface area contributed by atoms with Gasteiger partial charge in [-0.3, -0.25) is 19.3 Å². The average molecular weight is 792 g/mol. The molecular formula is C38H57N5O7S3. The van der Waals surface area contributed by atoms with Crippen LogP contribution in [0.3, 0.4) is 0 Å². The molecule has 4 unspecified atom stereocenters. The third kappa shape index (κ3) is 12.1. The van der Waals surface area contributed by atoms with E-state index in [4.69, 9.17) is 4.74 Å². The Morgan fingerprint density at radius 3 is 2.23 bits per heavy atom.